The molecule has 0 aliphatic rings. The molecule has 2 unspecified atom stereocenters. The molecule has 16 heavy (non-hydrogen) atoms. The molecule has 1 N–H and O–H groups in total. The van der Waals surface area contributed by atoms with E-state index in [2.05, 4.69) is 0 Å². The summed E-state index contributed by atoms with van der Waals surface area (Å²) in [6.07, 6.45) is -0.413. The van der Waals surface area contributed by atoms with Crippen molar-refractivity contribution in [2.45, 2.75) is 31.0 Å². The zero-order chi connectivity index (χ0) is 12.1. The lowest BCUT2D eigenvalue weighted by Crippen LogP contribution is -2.15. The molecule has 2 nitrogen and oxygen atoms in total. The van der Waals surface area contributed by atoms with E-state index in [-0.39, 0.29) is 11.1 Å². The lowest BCUT2D eigenvalue weighted by molar-refractivity contribution is 0.196. The van der Waals surface area contributed by atoms with Crippen LogP contribution in [0.4, 0.5) is 4.39 Å². The summed E-state index contributed by atoms with van der Waals surface area (Å²) >= 11 is 1.51. The third-order valence-electron chi connectivity index (χ3n) is 2.37. The molecule has 2 atom stereocenters. The highest BCUT2D eigenvalue weighted by molar-refractivity contribution is 7.99. The standard InChI is InChI=1S/C12H14FNOS/c1-8(15)9(2)16-7-11-5-12(13)4-3-10(11)6-14/h3-5,8-9,15H,7H2,1-2H3. The van der Waals surface area contributed by atoms with Gasteiger partial charge in [0.1, 0.15) is 5.82 Å². The quantitative estimate of drug-likeness (QED) is 0.878. The van der Waals surface area contributed by atoms with Gasteiger partial charge in [-0.3, -0.25) is 0 Å². The SMILES string of the molecule is CC(O)C(C)SCc1cc(F)ccc1C#N. The van der Waals surface area contributed by atoms with Crippen molar-refractivity contribution in [2.24, 2.45) is 0 Å². The Kier molecular flexibility index (Phi) is 4.78. The minimum absolute atomic E-state index is 0.0646. The van der Waals surface area contributed by atoms with Crippen molar-refractivity contribution in [1.82, 2.24) is 0 Å². The van der Waals surface area contributed by atoms with Crippen LogP contribution in [0.3, 0.4) is 0 Å². The van der Waals surface area contributed by atoms with Crippen LogP contribution in [-0.2, 0) is 5.75 Å². The Hall–Kier alpha value is -1.05. The molecule has 0 heterocycles. The summed E-state index contributed by atoms with van der Waals surface area (Å²) in [6, 6.07) is 6.18. The molecule has 1 aromatic rings. The summed E-state index contributed by atoms with van der Waals surface area (Å²) in [7, 11) is 0. The second kappa shape index (κ2) is 5.88. The Morgan fingerprint density at radius 1 is 1.50 bits per heavy atom. The van der Waals surface area contributed by atoms with Gasteiger partial charge in [-0.1, -0.05) is 6.92 Å². The fourth-order valence-corrected chi connectivity index (χ4v) is 2.11. The molecule has 0 radical (unpaired) electrons. The van der Waals surface area contributed by atoms with E-state index >= 15 is 0 Å². The number of hydrogen-bond donors (Lipinski definition) is 1. The molecule has 0 saturated heterocycles. The van der Waals surface area contributed by atoms with Gasteiger partial charge in [0.15, 0.2) is 0 Å². The molecule has 0 saturated carbocycles. The van der Waals surface area contributed by atoms with E-state index in [9.17, 15) is 9.50 Å². The van der Waals surface area contributed by atoms with Crippen LogP contribution in [-0.4, -0.2) is 16.5 Å². The summed E-state index contributed by atoms with van der Waals surface area (Å²) in [6.45, 7) is 3.62. The van der Waals surface area contributed by atoms with Crippen LogP contribution in [0.25, 0.3) is 0 Å². The Morgan fingerprint density at radius 3 is 2.75 bits per heavy atom. The predicted molar refractivity (Wildman–Crippen MR) is 63.6 cm³/mol. The van der Waals surface area contributed by atoms with Gasteiger partial charge in [0.05, 0.1) is 17.7 Å². The van der Waals surface area contributed by atoms with Gasteiger partial charge in [0.2, 0.25) is 0 Å². The molecule has 0 aromatic heterocycles. The van der Waals surface area contributed by atoms with E-state index in [0.29, 0.717) is 16.9 Å². The number of hydrogen-bond acceptors (Lipinski definition) is 3. The zero-order valence-electron chi connectivity index (χ0n) is 9.27. The maximum Gasteiger partial charge on any atom is 0.123 e. The topological polar surface area (TPSA) is 44.0 Å². The lowest BCUT2D eigenvalue weighted by atomic mass is 10.1. The van der Waals surface area contributed by atoms with Crippen LogP contribution in [0.15, 0.2) is 18.2 Å². The lowest BCUT2D eigenvalue weighted by Gasteiger charge is -2.14. The van der Waals surface area contributed by atoms with E-state index in [0.717, 1.165) is 0 Å². The van der Waals surface area contributed by atoms with Gasteiger partial charge in [-0.2, -0.15) is 17.0 Å². The highest BCUT2D eigenvalue weighted by atomic mass is 32.2. The molecule has 1 aromatic carbocycles. The highest BCUT2D eigenvalue weighted by Crippen LogP contribution is 2.22. The molecule has 0 fully saturated rings. The van der Waals surface area contributed by atoms with Crippen LogP contribution < -0.4 is 0 Å². The zero-order valence-corrected chi connectivity index (χ0v) is 10.1. The first kappa shape index (κ1) is 13.0. The van der Waals surface area contributed by atoms with E-state index in [1.807, 2.05) is 13.0 Å². The van der Waals surface area contributed by atoms with Crippen LogP contribution in [0, 0.1) is 17.1 Å². The fraction of sp³-hybridized carbons (Fsp3) is 0.417. The molecule has 0 bridgehead atoms. The average molecular weight is 239 g/mol. The Bertz CT molecular complexity index is 400. The number of halogens is 1. The van der Waals surface area contributed by atoms with Crippen molar-refractivity contribution in [3.8, 4) is 6.07 Å². The largest absolute Gasteiger partial charge is 0.392 e. The Balaban J connectivity index is 2.73. The van der Waals surface area contributed by atoms with Gasteiger partial charge in [-0.25, -0.2) is 4.39 Å². The van der Waals surface area contributed by atoms with Crippen molar-refractivity contribution >= 4 is 11.8 Å². The summed E-state index contributed by atoms with van der Waals surface area (Å²) in [5.41, 5.74) is 1.17. The fourth-order valence-electron chi connectivity index (χ4n) is 1.15. The summed E-state index contributed by atoms with van der Waals surface area (Å²) in [5.74, 6) is 0.200. The Morgan fingerprint density at radius 2 is 2.19 bits per heavy atom. The van der Waals surface area contributed by atoms with Crippen molar-refractivity contribution in [1.29, 1.82) is 5.26 Å². The molecular formula is C12H14FNOS. The molecule has 0 spiro atoms. The number of thioether (sulfide) groups is 1. The first-order chi connectivity index (χ1) is 7.54. The van der Waals surface area contributed by atoms with Crippen molar-refractivity contribution in [3.63, 3.8) is 0 Å². The number of nitriles is 1. The number of rotatable bonds is 4. The van der Waals surface area contributed by atoms with Crippen LogP contribution in [0.5, 0.6) is 0 Å². The van der Waals surface area contributed by atoms with Crippen LogP contribution >= 0.6 is 11.8 Å². The highest BCUT2D eigenvalue weighted by Gasteiger charge is 2.11. The average Bonchev–Trinajstić information content (AvgIpc) is 2.25. The van der Waals surface area contributed by atoms with E-state index in [4.69, 9.17) is 5.26 Å². The van der Waals surface area contributed by atoms with Crippen molar-refractivity contribution < 1.29 is 9.50 Å². The number of benzene rings is 1. The molecule has 86 valence electrons. The summed E-state index contributed by atoms with van der Waals surface area (Å²) < 4.78 is 13.0. The smallest absolute Gasteiger partial charge is 0.123 e. The van der Waals surface area contributed by atoms with Gasteiger partial charge in [-0.05, 0) is 30.7 Å². The maximum absolute atomic E-state index is 13.0. The third-order valence-corrected chi connectivity index (χ3v) is 3.77. The van der Waals surface area contributed by atoms with Crippen LogP contribution in [0.2, 0.25) is 0 Å². The minimum Gasteiger partial charge on any atom is -0.392 e. The number of nitrogens with zero attached hydrogens (tertiary/aromatic N) is 1. The first-order valence-corrected chi connectivity index (χ1v) is 6.07. The van der Waals surface area contributed by atoms with E-state index < -0.39 is 6.10 Å². The first-order valence-electron chi connectivity index (χ1n) is 5.02. The van der Waals surface area contributed by atoms with Crippen molar-refractivity contribution in [3.05, 3.63) is 35.1 Å². The number of aliphatic hydroxyl groups excluding tert-OH is 1. The molecule has 0 aliphatic carbocycles. The summed E-state index contributed by atoms with van der Waals surface area (Å²) in [4.78, 5) is 0. The van der Waals surface area contributed by atoms with E-state index in [1.54, 1.807) is 6.92 Å². The molecule has 0 aliphatic heterocycles. The Labute approximate surface area is 99.1 Å². The monoisotopic (exact) mass is 239 g/mol. The van der Waals surface area contributed by atoms with Gasteiger partial charge < -0.3 is 5.11 Å². The molecular weight excluding hydrogens is 225 g/mol. The molecule has 1 rings (SSSR count). The normalized spacial score (nSPS) is 14.2. The van der Waals surface area contributed by atoms with Crippen LogP contribution in [0.1, 0.15) is 25.0 Å². The second-order valence-corrected chi connectivity index (χ2v) is 5.04. The van der Waals surface area contributed by atoms with E-state index in [1.165, 1.54) is 30.0 Å². The minimum atomic E-state index is -0.413. The summed E-state index contributed by atoms with van der Waals surface area (Å²) in [5, 5.41) is 18.2. The molecule has 4 heteroatoms. The third kappa shape index (κ3) is 3.51. The number of aliphatic hydroxyl groups is 1. The second-order valence-electron chi connectivity index (χ2n) is 3.67. The van der Waals surface area contributed by atoms with Crippen molar-refractivity contribution in [2.75, 3.05) is 0 Å². The predicted octanol–water partition coefficient (Wildman–Crippen LogP) is 2.70. The van der Waals surface area contributed by atoms with Gasteiger partial charge in [-0.15, -0.1) is 0 Å². The van der Waals surface area contributed by atoms with Gasteiger partial charge in [0.25, 0.3) is 0 Å². The maximum atomic E-state index is 13.0. The van der Waals surface area contributed by atoms with Gasteiger partial charge in [0, 0.05) is 11.0 Å². The molecule has 0 amide bonds. The van der Waals surface area contributed by atoms with Gasteiger partial charge >= 0.3 is 0 Å².